The molecule has 0 spiro atoms. The van der Waals surface area contributed by atoms with Crippen molar-refractivity contribution in [3.05, 3.63) is 29.8 Å². The Morgan fingerprint density at radius 1 is 1.39 bits per heavy atom. The molecule has 6 heteroatoms. The molecule has 1 N–H and O–H groups in total. The molecule has 23 heavy (non-hydrogen) atoms. The van der Waals surface area contributed by atoms with E-state index in [1.165, 1.54) is 0 Å². The van der Waals surface area contributed by atoms with Gasteiger partial charge in [-0.05, 0) is 51.1 Å². The number of carboxylic acid groups (broad SMARTS) is 1. The molecule has 0 radical (unpaired) electrons. The van der Waals surface area contributed by atoms with Crippen molar-refractivity contribution in [3.63, 3.8) is 0 Å². The average molecular weight is 321 g/mol. The van der Waals surface area contributed by atoms with Crippen molar-refractivity contribution in [3.8, 4) is 5.75 Å². The second kappa shape index (κ2) is 7.97. The van der Waals surface area contributed by atoms with Crippen molar-refractivity contribution in [1.29, 1.82) is 0 Å². The van der Waals surface area contributed by atoms with Gasteiger partial charge in [-0.3, -0.25) is 9.69 Å². The Kier molecular flexibility index (Phi) is 5.98. The number of likely N-dealkylation sites (tertiary alicyclic amines) is 1. The fourth-order valence-electron chi connectivity index (χ4n) is 2.70. The third kappa shape index (κ3) is 4.96. The third-order valence-corrected chi connectivity index (χ3v) is 4.03. The largest absolute Gasteiger partial charge is 0.482 e. The minimum atomic E-state index is -1.03. The van der Waals surface area contributed by atoms with Gasteiger partial charge in [-0.25, -0.2) is 4.79 Å². The maximum Gasteiger partial charge on any atom is 0.341 e. The Labute approximate surface area is 136 Å². The van der Waals surface area contributed by atoms with E-state index in [4.69, 9.17) is 14.6 Å². The van der Waals surface area contributed by atoms with Crippen LogP contribution in [0, 0.1) is 0 Å². The summed E-state index contributed by atoms with van der Waals surface area (Å²) >= 11 is 0. The van der Waals surface area contributed by atoms with Gasteiger partial charge < -0.3 is 14.6 Å². The monoisotopic (exact) mass is 321 g/mol. The van der Waals surface area contributed by atoms with Gasteiger partial charge in [-0.1, -0.05) is 18.6 Å². The normalized spacial score (nSPS) is 19.8. The van der Waals surface area contributed by atoms with E-state index in [1.807, 2.05) is 18.0 Å². The van der Waals surface area contributed by atoms with Gasteiger partial charge in [0.2, 0.25) is 0 Å². The standard InChI is InChI=1S/C17H23NO5/c1-12(23-17(21)15-8-3-4-9-18(15)2)13-6-5-7-14(10-13)22-11-16(19)20/h5-7,10,12,15H,3-4,8-9,11H2,1-2H3,(H,19,20)/t12-,15+/m1/s1. The molecule has 0 bridgehead atoms. The summed E-state index contributed by atoms with van der Waals surface area (Å²) < 4.78 is 10.7. The summed E-state index contributed by atoms with van der Waals surface area (Å²) in [6.07, 6.45) is 2.56. The summed E-state index contributed by atoms with van der Waals surface area (Å²) in [4.78, 5) is 24.9. The number of hydrogen-bond acceptors (Lipinski definition) is 5. The molecule has 0 amide bonds. The van der Waals surface area contributed by atoms with Gasteiger partial charge in [-0.2, -0.15) is 0 Å². The van der Waals surface area contributed by atoms with Crippen LogP contribution in [0.25, 0.3) is 0 Å². The zero-order valence-electron chi connectivity index (χ0n) is 13.5. The number of carbonyl (C=O) groups is 2. The third-order valence-electron chi connectivity index (χ3n) is 4.03. The first-order valence-electron chi connectivity index (χ1n) is 7.82. The first kappa shape index (κ1) is 17.3. The summed E-state index contributed by atoms with van der Waals surface area (Å²) in [6.45, 7) is 2.31. The Balaban J connectivity index is 1.96. The fraction of sp³-hybridized carbons (Fsp3) is 0.529. The Morgan fingerprint density at radius 3 is 2.87 bits per heavy atom. The van der Waals surface area contributed by atoms with E-state index in [0.717, 1.165) is 31.4 Å². The maximum atomic E-state index is 12.3. The second-order valence-corrected chi connectivity index (χ2v) is 5.83. The van der Waals surface area contributed by atoms with Crippen LogP contribution in [0.4, 0.5) is 0 Å². The molecule has 1 saturated heterocycles. The zero-order chi connectivity index (χ0) is 16.8. The van der Waals surface area contributed by atoms with Crippen molar-refractivity contribution < 1.29 is 24.2 Å². The zero-order valence-corrected chi connectivity index (χ0v) is 13.5. The van der Waals surface area contributed by atoms with E-state index in [0.29, 0.717) is 5.75 Å². The van der Waals surface area contributed by atoms with E-state index in [-0.39, 0.29) is 12.0 Å². The molecule has 0 aliphatic carbocycles. The number of esters is 1. The molecule has 1 aliphatic heterocycles. The molecule has 6 nitrogen and oxygen atoms in total. The molecule has 0 unspecified atom stereocenters. The van der Waals surface area contributed by atoms with Gasteiger partial charge in [0.25, 0.3) is 0 Å². The van der Waals surface area contributed by atoms with E-state index in [1.54, 1.807) is 25.1 Å². The number of aliphatic carboxylic acids is 1. The molecule has 1 aromatic carbocycles. The number of likely N-dealkylation sites (N-methyl/N-ethyl adjacent to an activating group) is 1. The molecule has 1 aromatic rings. The van der Waals surface area contributed by atoms with Gasteiger partial charge in [0, 0.05) is 0 Å². The quantitative estimate of drug-likeness (QED) is 0.810. The summed E-state index contributed by atoms with van der Waals surface area (Å²) in [7, 11) is 1.94. The minimum absolute atomic E-state index is 0.183. The van der Waals surface area contributed by atoms with Crippen LogP contribution in [0.3, 0.4) is 0 Å². The van der Waals surface area contributed by atoms with Crippen LogP contribution in [0.15, 0.2) is 24.3 Å². The molecule has 1 aliphatic rings. The fourth-order valence-corrected chi connectivity index (χ4v) is 2.70. The van der Waals surface area contributed by atoms with Gasteiger partial charge in [0.05, 0.1) is 0 Å². The number of carbonyl (C=O) groups excluding carboxylic acids is 1. The van der Waals surface area contributed by atoms with Crippen LogP contribution in [-0.2, 0) is 14.3 Å². The molecule has 126 valence electrons. The molecule has 1 fully saturated rings. The Hall–Kier alpha value is -2.08. The Morgan fingerprint density at radius 2 is 2.17 bits per heavy atom. The summed E-state index contributed by atoms with van der Waals surface area (Å²) in [5.74, 6) is -0.797. The van der Waals surface area contributed by atoms with Crippen molar-refractivity contribution in [1.82, 2.24) is 4.90 Å². The summed E-state index contributed by atoms with van der Waals surface area (Å²) in [5, 5.41) is 8.64. The van der Waals surface area contributed by atoms with Crippen molar-refractivity contribution in [2.24, 2.45) is 0 Å². The predicted octanol–water partition coefficient (Wildman–Crippen LogP) is 2.24. The van der Waals surface area contributed by atoms with Crippen molar-refractivity contribution in [2.45, 2.75) is 38.3 Å². The molecule has 2 atom stereocenters. The minimum Gasteiger partial charge on any atom is -0.482 e. The van der Waals surface area contributed by atoms with Crippen molar-refractivity contribution in [2.75, 3.05) is 20.2 Å². The van der Waals surface area contributed by atoms with Crippen LogP contribution < -0.4 is 4.74 Å². The van der Waals surface area contributed by atoms with Gasteiger partial charge in [0.15, 0.2) is 6.61 Å². The van der Waals surface area contributed by atoms with Crippen LogP contribution in [0.1, 0.15) is 37.9 Å². The number of rotatable bonds is 6. The number of piperidine rings is 1. The lowest BCUT2D eigenvalue weighted by molar-refractivity contribution is -0.155. The smallest absolute Gasteiger partial charge is 0.341 e. The number of benzene rings is 1. The molecular formula is C17H23NO5. The first-order chi connectivity index (χ1) is 11.0. The highest BCUT2D eigenvalue weighted by Gasteiger charge is 2.28. The maximum absolute atomic E-state index is 12.3. The SMILES string of the molecule is C[C@@H](OC(=O)[C@@H]1CCCCN1C)c1cccc(OCC(=O)O)c1. The lowest BCUT2D eigenvalue weighted by atomic mass is 10.0. The van der Waals surface area contributed by atoms with Crippen LogP contribution in [0.5, 0.6) is 5.75 Å². The second-order valence-electron chi connectivity index (χ2n) is 5.83. The van der Waals surface area contributed by atoms with Crippen LogP contribution in [-0.4, -0.2) is 48.2 Å². The van der Waals surface area contributed by atoms with E-state index in [2.05, 4.69) is 0 Å². The van der Waals surface area contributed by atoms with Crippen molar-refractivity contribution >= 4 is 11.9 Å². The highest BCUT2D eigenvalue weighted by atomic mass is 16.5. The van der Waals surface area contributed by atoms with Gasteiger partial charge in [-0.15, -0.1) is 0 Å². The van der Waals surface area contributed by atoms with E-state index < -0.39 is 18.7 Å². The average Bonchev–Trinajstić information content (AvgIpc) is 2.53. The van der Waals surface area contributed by atoms with Crippen LogP contribution >= 0.6 is 0 Å². The van der Waals surface area contributed by atoms with E-state index >= 15 is 0 Å². The van der Waals surface area contributed by atoms with E-state index in [9.17, 15) is 9.59 Å². The summed E-state index contributed by atoms with van der Waals surface area (Å²) in [5.41, 5.74) is 0.778. The van der Waals surface area contributed by atoms with Crippen LogP contribution in [0.2, 0.25) is 0 Å². The molecular weight excluding hydrogens is 298 g/mol. The Bertz CT molecular complexity index is 560. The molecule has 1 heterocycles. The first-order valence-corrected chi connectivity index (χ1v) is 7.82. The predicted molar refractivity (Wildman–Crippen MR) is 84.3 cm³/mol. The lowest BCUT2D eigenvalue weighted by Gasteiger charge is -2.31. The molecule has 0 aromatic heterocycles. The highest BCUT2D eigenvalue weighted by molar-refractivity contribution is 5.76. The number of carboxylic acids is 1. The number of ether oxygens (including phenoxy) is 2. The number of nitrogens with zero attached hydrogens (tertiary/aromatic N) is 1. The van der Waals surface area contributed by atoms with Gasteiger partial charge >= 0.3 is 11.9 Å². The lowest BCUT2D eigenvalue weighted by Crippen LogP contribution is -2.43. The number of hydrogen-bond donors (Lipinski definition) is 1. The highest BCUT2D eigenvalue weighted by Crippen LogP contribution is 2.24. The van der Waals surface area contributed by atoms with Gasteiger partial charge in [0.1, 0.15) is 17.9 Å². The summed E-state index contributed by atoms with van der Waals surface area (Å²) in [6, 6.07) is 6.78. The molecule has 0 saturated carbocycles. The topological polar surface area (TPSA) is 76.1 Å². The molecule has 2 rings (SSSR count).